The lowest BCUT2D eigenvalue weighted by atomic mass is 9.99. The molecule has 0 saturated heterocycles. The molecule has 3 aromatic rings. The van der Waals surface area contributed by atoms with Gasteiger partial charge < -0.3 is 23.8 Å². The number of carboxylic acid groups (broad SMARTS) is 1. The molecule has 0 unspecified atom stereocenters. The number of methoxy groups -OCH3 is 1. The molecule has 1 N–H and O–H groups in total. The molecule has 0 atom stereocenters. The predicted molar refractivity (Wildman–Crippen MR) is 134 cm³/mol. The predicted octanol–water partition coefficient (Wildman–Crippen LogP) is 6.16. The van der Waals surface area contributed by atoms with Crippen molar-refractivity contribution in [3.05, 3.63) is 96.6 Å². The number of rotatable bonds is 9. The number of nitrogens with zero attached hydrogens (tertiary/aromatic N) is 1. The number of fused-ring (bicyclic) bond motifs is 1. The Labute approximate surface area is 207 Å². The van der Waals surface area contributed by atoms with Crippen LogP contribution < -0.4 is 14.2 Å². The van der Waals surface area contributed by atoms with Crippen LogP contribution in [-0.4, -0.2) is 29.9 Å². The fraction of sp³-hybridized carbons (Fsp3) is 0.103. The number of carbonyl (C=O) groups is 1. The average Bonchev–Trinajstić information content (AvgIpc) is 3.41. The van der Waals surface area contributed by atoms with E-state index < -0.39 is 5.97 Å². The summed E-state index contributed by atoms with van der Waals surface area (Å²) in [6.45, 7) is 0.0667. The maximum absolute atomic E-state index is 10.7. The van der Waals surface area contributed by atoms with Gasteiger partial charge in [-0.25, -0.2) is 4.79 Å². The van der Waals surface area contributed by atoms with Crippen LogP contribution in [0.1, 0.15) is 5.56 Å². The fourth-order valence-corrected chi connectivity index (χ4v) is 3.88. The number of ether oxygens (including phenoxy) is 3. The number of aromatic nitrogens is 1. The summed E-state index contributed by atoms with van der Waals surface area (Å²) >= 11 is 0. The molecule has 1 aliphatic carbocycles. The van der Waals surface area contributed by atoms with Crippen LogP contribution in [0.25, 0.3) is 33.7 Å². The second-order valence-electron chi connectivity index (χ2n) is 8.08. The lowest BCUT2D eigenvalue weighted by Crippen LogP contribution is -2.09. The molecule has 36 heavy (non-hydrogen) atoms. The van der Waals surface area contributed by atoms with Crippen molar-refractivity contribution in [3.63, 3.8) is 0 Å². The molecule has 0 amide bonds. The summed E-state index contributed by atoms with van der Waals surface area (Å²) in [5.41, 5.74) is 5.37. The Morgan fingerprint density at radius 1 is 0.778 bits per heavy atom. The highest BCUT2D eigenvalue weighted by Crippen LogP contribution is 2.40. The van der Waals surface area contributed by atoms with Crippen molar-refractivity contribution in [2.75, 3.05) is 13.7 Å². The van der Waals surface area contributed by atoms with Crippen molar-refractivity contribution in [1.82, 2.24) is 5.16 Å². The van der Waals surface area contributed by atoms with E-state index in [-0.39, 0.29) is 6.61 Å². The molecule has 180 valence electrons. The molecule has 2 aliphatic rings. The minimum atomic E-state index is -1.02. The topological polar surface area (TPSA) is 91.0 Å². The molecular formula is C29H23NO6. The summed E-state index contributed by atoms with van der Waals surface area (Å²) in [6.07, 6.45) is 0. The van der Waals surface area contributed by atoms with Crippen molar-refractivity contribution in [3.8, 4) is 51.0 Å². The van der Waals surface area contributed by atoms with E-state index in [1.165, 1.54) is 0 Å². The quantitative estimate of drug-likeness (QED) is 0.269. The zero-order valence-corrected chi connectivity index (χ0v) is 19.5. The van der Waals surface area contributed by atoms with Gasteiger partial charge in [0.25, 0.3) is 0 Å². The van der Waals surface area contributed by atoms with E-state index in [2.05, 4.69) is 5.16 Å². The van der Waals surface area contributed by atoms with Gasteiger partial charge in [0.2, 0.25) is 0 Å². The van der Waals surface area contributed by atoms with Gasteiger partial charge in [-0.1, -0.05) is 35.5 Å². The molecule has 0 fully saturated rings. The minimum absolute atomic E-state index is 0.389. The van der Waals surface area contributed by atoms with Gasteiger partial charge in [-0.3, -0.25) is 0 Å². The highest BCUT2D eigenvalue weighted by atomic mass is 16.5. The number of hydrogen-bond acceptors (Lipinski definition) is 6. The Balaban J connectivity index is 1.32. The normalized spacial score (nSPS) is 10.8. The van der Waals surface area contributed by atoms with E-state index in [0.29, 0.717) is 23.8 Å². The second kappa shape index (κ2) is 10.2. The number of aliphatic carboxylic acids is 1. The molecule has 0 saturated carbocycles. The van der Waals surface area contributed by atoms with Gasteiger partial charge in [0, 0.05) is 22.3 Å². The highest BCUT2D eigenvalue weighted by molar-refractivity contribution is 5.89. The first-order chi connectivity index (χ1) is 17.6. The molecule has 5 rings (SSSR count). The highest BCUT2D eigenvalue weighted by Gasteiger charge is 2.19. The van der Waals surface area contributed by atoms with Gasteiger partial charge in [-0.2, -0.15) is 0 Å². The third-order valence-corrected chi connectivity index (χ3v) is 5.72. The molecule has 1 aliphatic heterocycles. The van der Waals surface area contributed by atoms with Gasteiger partial charge >= 0.3 is 5.97 Å². The van der Waals surface area contributed by atoms with E-state index in [1.807, 2.05) is 78.9 Å². The van der Waals surface area contributed by atoms with E-state index in [4.69, 9.17) is 23.8 Å². The van der Waals surface area contributed by atoms with Gasteiger partial charge in [-0.15, -0.1) is 0 Å². The molecular weight excluding hydrogens is 458 g/mol. The van der Waals surface area contributed by atoms with Crippen LogP contribution in [-0.2, 0) is 11.4 Å². The summed E-state index contributed by atoms with van der Waals surface area (Å²) in [5, 5.41) is 13.2. The number of hydrogen-bond donors (Lipinski definition) is 1. The first-order valence-electron chi connectivity index (χ1n) is 11.3. The smallest absolute Gasteiger partial charge is 0.341 e. The molecule has 0 bridgehead atoms. The average molecular weight is 482 g/mol. The largest absolute Gasteiger partial charge is 0.497 e. The summed E-state index contributed by atoms with van der Waals surface area (Å²) in [7, 11) is 1.64. The molecule has 3 aromatic carbocycles. The monoisotopic (exact) mass is 481 g/mol. The SMILES string of the molecule is COc1ccc(COc2ccc(-c3onc(-c4ccc(OCC(=O)O)cc4)c4cccc3-4)cc2)cc1. The van der Waals surface area contributed by atoms with E-state index in [0.717, 1.165) is 39.3 Å². The fourth-order valence-electron chi connectivity index (χ4n) is 3.88. The third-order valence-electron chi connectivity index (χ3n) is 5.72. The number of benzene rings is 3. The van der Waals surface area contributed by atoms with Gasteiger partial charge in [0.1, 0.15) is 29.5 Å². The Hall–Kier alpha value is -4.78. The second-order valence-corrected chi connectivity index (χ2v) is 8.08. The first-order valence-corrected chi connectivity index (χ1v) is 11.3. The third kappa shape index (κ3) is 5.00. The Morgan fingerprint density at radius 3 is 2.06 bits per heavy atom. The van der Waals surface area contributed by atoms with Crippen molar-refractivity contribution in [1.29, 1.82) is 0 Å². The lowest BCUT2D eigenvalue weighted by molar-refractivity contribution is -0.139. The van der Waals surface area contributed by atoms with Crippen LogP contribution in [0.3, 0.4) is 0 Å². The standard InChI is InChI=1S/C29H23NO6/c1-33-22-11-5-19(6-12-22)17-34-23-15-9-21(10-16-23)29-26-4-2-3-25(26)28(30-36-29)20-7-13-24(14-8-20)35-18-27(31)32/h2-16H,17-18H2,1H3,(H,31,32). The van der Waals surface area contributed by atoms with Crippen molar-refractivity contribution >= 4 is 5.97 Å². The summed E-state index contributed by atoms with van der Waals surface area (Å²) in [6, 6.07) is 28.5. The van der Waals surface area contributed by atoms with Crippen LogP contribution in [0.5, 0.6) is 17.2 Å². The van der Waals surface area contributed by atoms with Gasteiger partial charge in [0.15, 0.2) is 12.4 Å². The Bertz CT molecular complexity index is 1420. The van der Waals surface area contributed by atoms with Crippen LogP contribution in [0.4, 0.5) is 0 Å². The van der Waals surface area contributed by atoms with Crippen molar-refractivity contribution in [2.24, 2.45) is 0 Å². The first kappa shape index (κ1) is 23.0. The maximum atomic E-state index is 10.7. The summed E-state index contributed by atoms with van der Waals surface area (Å²) in [4.78, 5) is 10.7. The molecule has 1 heterocycles. The van der Waals surface area contributed by atoms with Crippen molar-refractivity contribution < 1.29 is 28.6 Å². The van der Waals surface area contributed by atoms with Crippen LogP contribution in [0, 0.1) is 0 Å². The number of carboxylic acids is 1. The van der Waals surface area contributed by atoms with Crippen LogP contribution in [0.15, 0.2) is 95.5 Å². The molecule has 0 radical (unpaired) electrons. The van der Waals surface area contributed by atoms with Crippen LogP contribution in [0.2, 0.25) is 0 Å². The van der Waals surface area contributed by atoms with E-state index in [9.17, 15) is 4.79 Å². The molecule has 7 nitrogen and oxygen atoms in total. The van der Waals surface area contributed by atoms with Crippen LogP contribution >= 0.6 is 0 Å². The molecule has 0 aromatic heterocycles. The Kier molecular flexibility index (Phi) is 6.53. The molecule has 0 spiro atoms. The minimum Gasteiger partial charge on any atom is -0.497 e. The Morgan fingerprint density at radius 2 is 1.39 bits per heavy atom. The lowest BCUT2D eigenvalue weighted by Gasteiger charge is -2.12. The zero-order valence-electron chi connectivity index (χ0n) is 19.5. The van der Waals surface area contributed by atoms with Gasteiger partial charge in [0.05, 0.1) is 7.11 Å². The van der Waals surface area contributed by atoms with E-state index in [1.54, 1.807) is 19.2 Å². The van der Waals surface area contributed by atoms with E-state index >= 15 is 0 Å². The maximum Gasteiger partial charge on any atom is 0.341 e. The molecule has 7 heteroatoms. The van der Waals surface area contributed by atoms with Crippen molar-refractivity contribution in [2.45, 2.75) is 6.61 Å². The van der Waals surface area contributed by atoms with Gasteiger partial charge in [-0.05, 0) is 66.2 Å². The summed E-state index contributed by atoms with van der Waals surface area (Å²) < 4.78 is 22.2. The summed E-state index contributed by atoms with van der Waals surface area (Å²) in [5.74, 6) is 1.69. The zero-order chi connectivity index (χ0) is 24.9.